The van der Waals surface area contributed by atoms with E-state index in [0.717, 1.165) is 0 Å². The highest BCUT2D eigenvalue weighted by Crippen LogP contribution is 1.98. The maximum Gasteiger partial charge on any atom is 0.322 e. The Hall–Kier alpha value is -0.820. The molecule has 0 unspecified atom stereocenters. The second-order valence-electron chi connectivity index (χ2n) is 3.12. The highest BCUT2D eigenvalue weighted by Gasteiger charge is 2.07. The van der Waals surface area contributed by atoms with Gasteiger partial charge in [0.2, 0.25) is 0 Å². The van der Waals surface area contributed by atoms with Crippen LogP contribution in [-0.2, 0) is 0 Å². The van der Waals surface area contributed by atoms with Crippen molar-refractivity contribution in [3.05, 3.63) is 0 Å². The van der Waals surface area contributed by atoms with Gasteiger partial charge in [0.1, 0.15) is 0 Å². The van der Waals surface area contributed by atoms with Crippen LogP contribution in [0.1, 0.15) is 0 Å². The first-order valence-corrected chi connectivity index (χ1v) is 5.84. The number of carbonyl (C=O) groups excluding carboxylic acids is 1. The molecular formula is C8H16N4OS2. The lowest BCUT2D eigenvalue weighted by Gasteiger charge is -2.14. The molecule has 1 N–H and O–H groups in total. The minimum atomic E-state index is -0.218. The number of thiocarbonyl (C=S) groups is 1. The lowest BCUT2D eigenvalue weighted by Crippen LogP contribution is -2.38. The van der Waals surface area contributed by atoms with Gasteiger partial charge in [-0.2, -0.15) is 4.99 Å². The van der Waals surface area contributed by atoms with E-state index < -0.39 is 0 Å². The van der Waals surface area contributed by atoms with Gasteiger partial charge in [0.05, 0.1) is 0 Å². The molecule has 0 radical (unpaired) electrons. The monoisotopic (exact) mass is 248 g/mol. The molecule has 0 saturated heterocycles. The maximum atomic E-state index is 11.3. The number of nitrogens with one attached hydrogen (secondary N) is 1. The second-order valence-corrected chi connectivity index (χ2v) is 4.28. The lowest BCUT2D eigenvalue weighted by atomic mass is 10.8. The summed E-state index contributed by atoms with van der Waals surface area (Å²) in [5.74, 6) is 0. The Balaban J connectivity index is 4.50. The fourth-order valence-electron chi connectivity index (χ4n) is 0.515. The van der Waals surface area contributed by atoms with Crippen molar-refractivity contribution < 1.29 is 4.79 Å². The van der Waals surface area contributed by atoms with E-state index in [4.69, 9.17) is 12.2 Å². The SMILES string of the molecule is CSC(=NC(=S)N(C)C)NC(=O)N(C)C. The Morgan fingerprint density at radius 3 is 2.13 bits per heavy atom. The predicted molar refractivity (Wildman–Crippen MR) is 69.5 cm³/mol. The van der Waals surface area contributed by atoms with Crippen LogP contribution in [0.3, 0.4) is 0 Å². The fourth-order valence-corrected chi connectivity index (χ4v) is 1.03. The van der Waals surface area contributed by atoms with Crippen molar-refractivity contribution in [1.29, 1.82) is 0 Å². The maximum absolute atomic E-state index is 11.3. The number of hydrogen-bond donors (Lipinski definition) is 1. The first kappa shape index (κ1) is 14.2. The number of nitrogens with zero attached hydrogens (tertiary/aromatic N) is 3. The molecule has 0 saturated carbocycles. The minimum Gasteiger partial charge on any atom is -0.354 e. The topological polar surface area (TPSA) is 47.9 Å². The number of thioether (sulfide) groups is 1. The number of rotatable bonds is 0. The Morgan fingerprint density at radius 1 is 1.27 bits per heavy atom. The summed E-state index contributed by atoms with van der Waals surface area (Å²) in [6.07, 6.45) is 1.83. The van der Waals surface area contributed by atoms with E-state index in [1.807, 2.05) is 6.26 Å². The van der Waals surface area contributed by atoms with E-state index in [9.17, 15) is 4.79 Å². The largest absolute Gasteiger partial charge is 0.354 e. The number of urea groups is 1. The van der Waals surface area contributed by atoms with Gasteiger partial charge in [-0.3, -0.25) is 5.32 Å². The number of amides is 2. The van der Waals surface area contributed by atoms with Gasteiger partial charge < -0.3 is 9.80 Å². The number of carbonyl (C=O) groups is 1. The van der Waals surface area contributed by atoms with Crippen LogP contribution >= 0.6 is 24.0 Å². The van der Waals surface area contributed by atoms with Crippen LogP contribution in [0.25, 0.3) is 0 Å². The Labute approximate surface area is 99.9 Å². The predicted octanol–water partition coefficient (Wildman–Crippen LogP) is 0.823. The highest BCUT2D eigenvalue weighted by atomic mass is 32.2. The van der Waals surface area contributed by atoms with Crippen molar-refractivity contribution in [1.82, 2.24) is 15.1 Å². The van der Waals surface area contributed by atoms with Crippen molar-refractivity contribution in [2.75, 3.05) is 34.4 Å². The van der Waals surface area contributed by atoms with Gasteiger partial charge in [0.15, 0.2) is 10.3 Å². The summed E-state index contributed by atoms with van der Waals surface area (Å²) >= 11 is 6.34. The van der Waals surface area contributed by atoms with Crippen molar-refractivity contribution in [3.8, 4) is 0 Å². The summed E-state index contributed by atoms with van der Waals surface area (Å²) in [4.78, 5) is 18.6. The Bertz CT molecular complexity index is 276. The first-order chi connectivity index (χ1) is 6.88. The lowest BCUT2D eigenvalue weighted by molar-refractivity contribution is 0.222. The van der Waals surface area contributed by atoms with Crippen LogP contribution in [0.2, 0.25) is 0 Å². The smallest absolute Gasteiger partial charge is 0.322 e. The molecule has 0 fully saturated rings. The molecule has 0 rings (SSSR count). The summed E-state index contributed by atoms with van der Waals surface area (Å²) < 4.78 is 0. The number of amidine groups is 1. The van der Waals surface area contributed by atoms with E-state index in [1.165, 1.54) is 16.7 Å². The van der Waals surface area contributed by atoms with E-state index in [1.54, 1.807) is 33.1 Å². The molecule has 2 amide bonds. The molecule has 86 valence electrons. The van der Waals surface area contributed by atoms with Crippen molar-refractivity contribution >= 4 is 40.3 Å². The number of aliphatic imine (C=N–C) groups is 1. The minimum absolute atomic E-state index is 0.218. The Morgan fingerprint density at radius 2 is 1.80 bits per heavy atom. The molecule has 0 atom stereocenters. The third-order valence-electron chi connectivity index (χ3n) is 1.39. The molecule has 0 aliphatic carbocycles. The van der Waals surface area contributed by atoms with E-state index in [2.05, 4.69) is 10.3 Å². The van der Waals surface area contributed by atoms with Crippen LogP contribution in [0.4, 0.5) is 4.79 Å². The third kappa shape index (κ3) is 5.58. The molecule has 0 heterocycles. The van der Waals surface area contributed by atoms with Gasteiger partial charge in [0, 0.05) is 28.2 Å². The van der Waals surface area contributed by atoms with Crippen LogP contribution in [0.15, 0.2) is 4.99 Å². The zero-order valence-electron chi connectivity index (χ0n) is 9.57. The van der Waals surface area contributed by atoms with Crippen LogP contribution in [0, 0.1) is 0 Å². The average molecular weight is 248 g/mol. The molecule has 15 heavy (non-hydrogen) atoms. The molecule has 0 bridgehead atoms. The van der Waals surface area contributed by atoms with Gasteiger partial charge in [-0.15, -0.1) is 0 Å². The van der Waals surface area contributed by atoms with Crippen LogP contribution in [0.5, 0.6) is 0 Å². The second kappa shape index (κ2) is 6.62. The molecule has 0 aromatic heterocycles. The quantitative estimate of drug-likeness (QED) is 0.392. The fraction of sp³-hybridized carbons (Fsp3) is 0.625. The van der Waals surface area contributed by atoms with Crippen molar-refractivity contribution in [2.45, 2.75) is 0 Å². The Kier molecular flexibility index (Phi) is 6.26. The van der Waals surface area contributed by atoms with Gasteiger partial charge in [-0.05, 0) is 18.5 Å². The van der Waals surface area contributed by atoms with E-state index >= 15 is 0 Å². The molecular weight excluding hydrogens is 232 g/mol. The molecule has 0 aliphatic heterocycles. The summed E-state index contributed by atoms with van der Waals surface area (Å²) in [5.41, 5.74) is 0. The van der Waals surface area contributed by atoms with E-state index in [0.29, 0.717) is 10.3 Å². The highest BCUT2D eigenvalue weighted by molar-refractivity contribution is 8.13. The summed E-state index contributed by atoms with van der Waals surface area (Å²) in [6.45, 7) is 0. The zero-order valence-corrected chi connectivity index (χ0v) is 11.2. The molecule has 0 spiro atoms. The molecule has 0 aliphatic rings. The average Bonchev–Trinajstić information content (AvgIpc) is 2.15. The van der Waals surface area contributed by atoms with Crippen LogP contribution in [-0.4, -0.2) is 60.6 Å². The summed E-state index contributed by atoms with van der Waals surface area (Å²) in [7, 11) is 6.93. The van der Waals surface area contributed by atoms with Gasteiger partial charge in [-0.1, -0.05) is 11.8 Å². The summed E-state index contributed by atoms with van der Waals surface area (Å²) in [5, 5.41) is 3.56. The zero-order chi connectivity index (χ0) is 12.0. The third-order valence-corrected chi connectivity index (χ3v) is 2.43. The van der Waals surface area contributed by atoms with Crippen molar-refractivity contribution in [3.63, 3.8) is 0 Å². The molecule has 0 aromatic carbocycles. The molecule has 5 nitrogen and oxygen atoms in total. The summed E-state index contributed by atoms with van der Waals surface area (Å²) in [6, 6.07) is -0.218. The van der Waals surface area contributed by atoms with Gasteiger partial charge in [0.25, 0.3) is 0 Å². The van der Waals surface area contributed by atoms with Crippen LogP contribution < -0.4 is 5.32 Å². The number of hydrogen-bond acceptors (Lipinski definition) is 3. The van der Waals surface area contributed by atoms with E-state index in [-0.39, 0.29) is 6.03 Å². The van der Waals surface area contributed by atoms with Crippen molar-refractivity contribution in [2.24, 2.45) is 4.99 Å². The standard InChI is InChI=1S/C8H16N4OS2/c1-11(2)7(13)9-6(15-5)10-8(14)12(3)4/h1-5H3,(H,9,10,13,14). The van der Waals surface area contributed by atoms with Gasteiger partial charge >= 0.3 is 6.03 Å². The molecule has 0 aromatic rings. The van der Waals surface area contributed by atoms with Gasteiger partial charge in [-0.25, -0.2) is 4.79 Å². The normalized spacial score (nSPS) is 10.9. The first-order valence-electron chi connectivity index (χ1n) is 4.20. The molecule has 7 heteroatoms.